The van der Waals surface area contributed by atoms with Gasteiger partial charge in [0.15, 0.2) is 10.1 Å². The number of imidazole rings is 1. The van der Waals surface area contributed by atoms with Gasteiger partial charge in [-0.15, -0.1) is 0 Å². The second-order valence-corrected chi connectivity index (χ2v) is 18.2. The van der Waals surface area contributed by atoms with Crippen LogP contribution in [0.25, 0.3) is 11.0 Å². The van der Waals surface area contributed by atoms with Gasteiger partial charge in [-0.25, -0.2) is 8.42 Å². The third kappa shape index (κ3) is 16.2. The fourth-order valence-corrected chi connectivity index (χ4v) is 10.1. The van der Waals surface area contributed by atoms with E-state index in [1.54, 1.807) is 6.33 Å². The van der Waals surface area contributed by atoms with Crippen LogP contribution in [0.5, 0.6) is 0 Å². The van der Waals surface area contributed by atoms with Crippen molar-refractivity contribution in [3.8, 4) is 0 Å². The van der Waals surface area contributed by atoms with Gasteiger partial charge < -0.3 is 14.5 Å². The molecule has 1 heterocycles. The van der Waals surface area contributed by atoms with Crippen LogP contribution in [0.3, 0.4) is 0 Å². The number of para-hydroxylation sites is 2. The minimum atomic E-state index is -6.09. The number of aromatic nitrogens is 2. The smallest absolute Gasteiger partial charge is 0.741 e. The zero-order valence-electron chi connectivity index (χ0n) is 32.5. The summed E-state index contributed by atoms with van der Waals surface area (Å²) in [4.78, 5) is 8.02. The Labute approximate surface area is 372 Å². The van der Waals surface area contributed by atoms with E-state index in [4.69, 9.17) is 13.0 Å². The molecule has 5 nitrogen and oxygen atoms in total. The summed E-state index contributed by atoms with van der Waals surface area (Å²) in [6.45, 7) is 0. The number of hydrogen-bond donors (Lipinski definition) is 0. The fraction of sp³-hybridized carbons (Fsp3) is 0.0204. The van der Waals surface area contributed by atoms with Gasteiger partial charge in [-0.2, -0.15) is 13.2 Å². The van der Waals surface area contributed by atoms with Crippen molar-refractivity contribution in [2.45, 2.75) is 5.51 Å². The molecular formula is C49H40F3N2O3P2RuS. The largest absolute Gasteiger partial charge is 2.00 e. The normalized spacial score (nSPS) is 11.9. The van der Waals surface area contributed by atoms with Crippen LogP contribution in [0.4, 0.5) is 13.2 Å². The van der Waals surface area contributed by atoms with Gasteiger partial charge in [-0.05, 0) is 90.8 Å². The quantitative estimate of drug-likeness (QED) is 0.0719. The number of halogens is 3. The molecule has 0 bridgehead atoms. The molecule has 1 aromatic heterocycles. The van der Waals surface area contributed by atoms with Gasteiger partial charge in [0.05, 0.1) is 0 Å². The van der Waals surface area contributed by atoms with Crippen LogP contribution in [0.15, 0.2) is 213 Å². The Kier molecular flexibility index (Phi) is 20.7. The van der Waals surface area contributed by atoms with Crippen molar-refractivity contribution in [1.82, 2.24) is 9.97 Å². The second-order valence-electron chi connectivity index (χ2n) is 12.4. The van der Waals surface area contributed by atoms with E-state index >= 15 is 0 Å². The average molecular weight is 957 g/mol. The predicted octanol–water partition coefficient (Wildman–Crippen LogP) is 9.15. The van der Waals surface area contributed by atoms with Gasteiger partial charge >= 0.3 is 25.0 Å². The van der Waals surface area contributed by atoms with Crippen molar-refractivity contribution < 1.29 is 45.6 Å². The summed E-state index contributed by atoms with van der Waals surface area (Å²) in [6.07, 6.45) is 11.6. The summed E-state index contributed by atoms with van der Waals surface area (Å²) < 4.78 is 58.9. The number of rotatable bonds is 6. The molecule has 9 rings (SSSR count). The Morgan fingerprint density at radius 2 is 0.656 bits per heavy atom. The zero-order chi connectivity index (χ0) is 42.5. The van der Waals surface area contributed by atoms with E-state index in [0.29, 0.717) is 0 Å². The number of benzene rings is 7. The van der Waals surface area contributed by atoms with Crippen molar-refractivity contribution in [3.05, 3.63) is 245 Å². The second kappa shape index (κ2) is 25.8. The van der Waals surface area contributed by atoms with Gasteiger partial charge in [0, 0.05) is 0 Å². The third-order valence-electron chi connectivity index (χ3n) is 8.20. The van der Waals surface area contributed by atoms with Crippen molar-refractivity contribution in [2.75, 3.05) is 0 Å². The number of hydrogen-bond acceptors (Lipinski definition) is 4. The SMILES string of the molecule is O=S(=O)([O-])C(F)(F)F.[CH]1[CH][CH][CH][CH]1.[Ru+2].c1ccc(P(c2ccccc2)c2ccccc2)cc1.c1ccc(P(c2ccccc2)c2ccccc2)cc1.c1ccc2[n-]cnc2c1. The topological polar surface area (TPSA) is 84.2 Å². The van der Waals surface area contributed by atoms with Crippen LogP contribution < -0.4 is 36.8 Å². The summed E-state index contributed by atoms with van der Waals surface area (Å²) >= 11 is 0. The molecule has 0 saturated heterocycles. The van der Waals surface area contributed by atoms with Crippen molar-refractivity contribution >= 4 is 68.8 Å². The molecule has 8 aromatic rings. The van der Waals surface area contributed by atoms with E-state index in [0.717, 1.165) is 11.0 Å². The van der Waals surface area contributed by atoms with Crippen LogP contribution in [-0.2, 0) is 29.6 Å². The van der Waals surface area contributed by atoms with E-state index in [1.807, 2.05) is 56.4 Å². The molecule has 1 aliphatic rings. The van der Waals surface area contributed by atoms with Crippen LogP contribution in [0, 0.1) is 32.1 Å². The third-order valence-corrected chi connectivity index (χ3v) is 13.7. The number of nitrogens with zero attached hydrogens (tertiary/aromatic N) is 2. The first-order chi connectivity index (χ1) is 29.1. The van der Waals surface area contributed by atoms with Gasteiger partial charge in [-0.3, -0.25) is 0 Å². The molecule has 0 atom stereocenters. The molecule has 7 aromatic carbocycles. The van der Waals surface area contributed by atoms with Gasteiger partial charge in [0.2, 0.25) is 0 Å². The molecule has 1 saturated carbocycles. The maximum atomic E-state index is 10.7. The summed E-state index contributed by atoms with van der Waals surface area (Å²) in [5.41, 5.74) is -3.71. The molecular weight excluding hydrogens is 917 g/mol. The molecule has 5 radical (unpaired) electrons. The summed E-state index contributed by atoms with van der Waals surface area (Å²) in [6, 6.07) is 72.5. The van der Waals surface area contributed by atoms with Crippen LogP contribution >= 0.6 is 15.8 Å². The Morgan fingerprint density at radius 1 is 0.426 bits per heavy atom. The Morgan fingerprint density at radius 3 is 0.885 bits per heavy atom. The molecule has 1 fully saturated rings. The predicted molar refractivity (Wildman–Crippen MR) is 243 cm³/mol. The molecule has 12 heteroatoms. The maximum Gasteiger partial charge on any atom is 2.00 e. The van der Waals surface area contributed by atoms with Gasteiger partial charge in [0.1, 0.15) is 0 Å². The number of fused-ring (bicyclic) bond motifs is 1. The molecule has 1 aliphatic carbocycles. The molecule has 0 N–H and O–H groups in total. The van der Waals surface area contributed by atoms with Crippen molar-refractivity contribution in [3.63, 3.8) is 0 Å². The van der Waals surface area contributed by atoms with Crippen LogP contribution in [0.1, 0.15) is 0 Å². The van der Waals surface area contributed by atoms with E-state index in [9.17, 15) is 13.2 Å². The van der Waals surface area contributed by atoms with Gasteiger partial charge in [-0.1, -0.05) is 213 Å². The Bertz CT molecular complexity index is 2140. The summed E-state index contributed by atoms with van der Waals surface area (Å²) in [5, 5.41) is 8.39. The number of alkyl halides is 3. The molecule has 0 aliphatic heterocycles. The van der Waals surface area contributed by atoms with E-state index in [-0.39, 0.29) is 19.5 Å². The molecule has 61 heavy (non-hydrogen) atoms. The summed E-state index contributed by atoms with van der Waals surface area (Å²) in [7, 11) is -6.98. The van der Waals surface area contributed by atoms with E-state index < -0.39 is 31.5 Å². The zero-order valence-corrected chi connectivity index (χ0v) is 36.8. The molecule has 0 spiro atoms. The molecule has 0 unspecified atom stereocenters. The minimum absolute atomic E-state index is 0. The summed E-state index contributed by atoms with van der Waals surface area (Å²) in [5.74, 6) is 0. The minimum Gasteiger partial charge on any atom is -0.741 e. The Hall–Kier alpha value is -4.81. The first-order valence-electron chi connectivity index (χ1n) is 18.5. The first-order valence-corrected chi connectivity index (χ1v) is 22.6. The maximum absolute atomic E-state index is 10.7. The molecule has 0 amide bonds. The fourth-order valence-electron chi connectivity index (χ4n) is 5.51. The molecule has 309 valence electrons. The van der Waals surface area contributed by atoms with Crippen LogP contribution in [-0.4, -0.2) is 23.5 Å². The Balaban J connectivity index is 0.000000181. The van der Waals surface area contributed by atoms with E-state index in [2.05, 4.69) is 192 Å². The monoisotopic (exact) mass is 957 g/mol. The van der Waals surface area contributed by atoms with Gasteiger partial charge in [0.25, 0.3) is 0 Å². The van der Waals surface area contributed by atoms with Crippen LogP contribution in [0.2, 0.25) is 0 Å². The first kappa shape index (κ1) is 48.9. The van der Waals surface area contributed by atoms with Crippen molar-refractivity contribution in [1.29, 1.82) is 0 Å². The van der Waals surface area contributed by atoms with Crippen molar-refractivity contribution in [2.24, 2.45) is 0 Å². The van der Waals surface area contributed by atoms with E-state index in [1.165, 1.54) is 31.8 Å². The average Bonchev–Trinajstić information content (AvgIpc) is 4.03. The standard InChI is InChI=1S/2C18H15P.C7H5N2.C5H5.CHF3O3S.Ru/c2*1-4-10-16(11-5-1)19(17-12-6-2-7-13-17)18-14-8-3-9-15-18;1-2-4-7-6(3-1)8-5-9-7;1-2-4-5-3-1;2-1(3,4)8(5,6)7;/h2*1-15H;1-5H;1-5H;(H,5,6,7);/q;;-1;;;+2/p-1.